The number of hydrogen-bond acceptors (Lipinski definition) is 4. The van der Waals surface area contributed by atoms with Crippen LogP contribution in [0.2, 0.25) is 0 Å². The molecule has 1 aromatic rings. The molecule has 0 saturated carbocycles. The van der Waals surface area contributed by atoms with Crippen molar-refractivity contribution in [1.29, 1.82) is 0 Å². The van der Waals surface area contributed by atoms with Gasteiger partial charge in [0.2, 0.25) is 0 Å². The van der Waals surface area contributed by atoms with E-state index in [0.717, 1.165) is 25.4 Å². The van der Waals surface area contributed by atoms with Crippen molar-refractivity contribution in [2.24, 2.45) is 0 Å². The van der Waals surface area contributed by atoms with Crippen LogP contribution in [0.15, 0.2) is 6.20 Å². The maximum Gasteiger partial charge on any atom is 0.0940 e. The average molecular weight is 242 g/mol. The summed E-state index contributed by atoms with van der Waals surface area (Å²) in [5.74, 6) is 2.62. The fourth-order valence-corrected chi connectivity index (χ4v) is 3.75. The van der Waals surface area contributed by atoms with E-state index in [4.69, 9.17) is 0 Å². The van der Waals surface area contributed by atoms with Crippen LogP contribution in [0.3, 0.4) is 0 Å². The Morgan fingerprint density at radius 2 is 2.53 bits per heavy atom. The molecule has 2 heterocycles. The first-order valence-electron chi connectivity index (χ1n) is 5.63. The van der Waals surface area contributed by atoms with Crippen LogP contribution in [0.1, 0.15) is 23.2 Å². The minimum absolute atomic E-state index is 0.751. The van der Waals surface area contributed by atoms with Crippen LogP contribution in [0.4, 0.5) is 0 Å². The molecule has 1 saturated heterocycles. The Kier molecular flexibility index (Phi) is 4.47. The van der Waals surface area contributed by atoms with Crippen molar-refractivity contribution in [3.8, 4) is 0 Å². The number of thiazole rings is 1. The van der Waals surface area contributed by atoms with E-state index < -0.39 is 0 Å². The summed E-state index contributed by atoms with van der Waals surface area (Å²) >= 11 is 3.92. The summed E-state index contributed by atoms with van der Waals surface area (Å²) < 4.78 is 0. The number of rotatable bonds is 5. The normalized spacial score (nSPS) is 21.0. The Hall–Kier alpha value is -0.0600. The lowest BCUT2D eigenvalue weighted by molar-refractivity contribution is 0.560. The van der Waals surface area contributed by atoms with Gasteiger partial charge in [-0.25, -0.2) is 4.98 Å². The van der Waals surface area contributed by atoms with Crippen LogP contribution in [0.25, 0.3) is 0 Å². The van der Waals surface area contributed by atoms with Crippen molar-refractivity contribution in [2.45, 2.75) is 32.2 Å². The van der Waals surface area contributed by atoms with Crippen molar-refractivity contribution in [1.82, 2.24) is 10.3 Å². The van der Waals surface area contributed by atoms with Crippen molar-refractivity contribution < 1.29 is 0 Å². The first kappa shape index (κ1) is 11.4. The molecule has 1 unspecified atom stereocenters. The maximum atomic E-state index is 4.42. The Morgan fingerprint density at radius 3 is 3.20 bits per heavy atom. The van der Waals surface area contributed by atoms with Gasteiger partial charge in [-0.2, -0.15) is 11.8 Å². The number of thioether (sulfide) groups is 1. The van der Waals surface area contributed by atoms with Crippen molar-refractivity contribution in [3.63, 3.8) is 0 Å². The van der Waals surface area contributed by atoms with E-state index in [9.17, 15) is 0 Å². The Balaban J connectivity index is 1.68. The standard InChI is InChI=1S/C11H18N2S2/c1-2-10-7-13-11(15-10)3-5-12-9-4-6-14-8-9/h7,9,12H,2-6,8H2,1H3. The molecule has 1 aliphatic heterocycles. The Bertz CT molecular complexity index is 293. The molecule has 84 valence electrons. The summed E-state index contributed by atoms with van der Waals surface area (Å²) in [6, 6.07) is 0.751. The highest BCUT2D eigenvalue weighted by Gasteiger charge is 2.14. The van der Waals surface area contributed by atoms with E-state index in [1.54, 1.807) is 0 Å². The van der Waals surface area contributed by atoms with Gasteiger partial charge < -0.3 is 5.32 Å². The predicted molar refractivity (Wildman–Crippen MR) is 68.9 cm³/mol. The van der Waals surface area contributed by atoms with E-state index in [1.807, 2.05) is 17.5 Å². The molecular weight excluding hydrogens is 224 g/mol. The van der Waals surface area contributed by atoms with Crippen LogP contribution in [-0.2, 0) is 12.8 Å². The largest absolute Gasteiger partial charge is 0.313 e. The lowest BCUT2D eigenvalue weighted by Crippen LogP contribution is -2.30. The van der Waals surface area contributed by atoms with Crippen LogP contribution < -0.4 is 5.32 Å². The van der Waals surface area contributed by atoms with E-state index in [2.05, 4.69) is 29.0 Å². The third kappa shape index (κ3) is 3.47. The molecule has 0 aromatic carbocycles. The molecule has 1 aromatic heterocycles. The molecule has 0 aliphatic carbocycles. The fourth-order valence-electron chi connectivity index (χ4n) is 1.71. The zero-order valence-corrected chi connectivity index (χ0v) is 10.8. The minimum atomic E-state index is 0.751. The second-order valence-electron chi connectivity index (χ2n) is 3.84. The van der Waals surface area contributed by atoms with Gasteiger partial charge in [0.15, 0.2) is 0 Å². The summed E-state index contributed by atoms with van der Waals surface area (Å²) in [6.07, 6.45) is 5.56. The first-order valence-corrected chi connectivity index (χ1v) is 7.60. The molecule has 2 rings (SSSR count). The second kappa shape index (κ2) is 5.87. The van der Waals surface area contributed by atoms with Gasteiger partial charge >= 0.3 is 0 Å². The first-order chi connectivity index (χ1) is 7.38. The zero-order valence-electron chi connectivity index (χ0n) is 9.16. The lowest BCUT2D eigenvalue weighted by Gasteiger charge is -2.09. The maximum absolute atomic E-state index is 4.42. The third-order valence-corrected chi connectivity index (χ3v) is 5.02. The summed E-state index contributed by atoms with van der Waals surface area (Å²) in [6.45, 7) is 3.27. The predicted octanol–water partition coefficient (Wildman–Crippen LogP) is 2.34. The SMILES string of the molecule is CCc1cnc(CCNC2CCSC2)s1. The third-order valence-electron chi connectivity index (χ3n) is 2.65. The Morgan fingerprint density at radius 1 is 1.60 bits per heavy atom. The number of nitrogens with one attached hydrogen (secondary N) is 1. The molecule has 1 atom stereocenters. The van der Waals surface area contributed by atoms with Gasteiger partial charge in [0.1, 0.15) is 0 Å². The van der Waals surface area contributed by atoms with Crippen molar-refractivity contribution in [3.05, 3.63) is 16.1 Å². The van der Waals surface area contributed by atoms with Crippen LogP contribution in [-0.4, -0.2) is 29.1 Å². The topological polar surface area (TPSA) is 24.9 Å². The van der Waals surface area contributed by atoms with Crippen LogP contribution >= 0.6 is 23.1 Å². The lowest BCUT2D eigenvalue weighted by atomic mass is 10.2. The van der Waals surface area contributed by atoms with Crippen LogP contribution in [0.5, 0.6) is 0 Å². The molecule has 1 aliphatic rings. The number of aryl methyl sites for hydroxylation is 1. The number of aromatic nitrogens is 1. The molecular formula is C11H18N2S2. The average Bonchev–Trinajstić information content (AvgIpc) is 2.88. The molecule has 2 nitrogen and oxygen atoms in total. The van der Waals surface area contributed by atoms with Gasteiger partial charge in [-0.05, 0) is 18.6 Å². The summed E-state index contributed by atoms with van der Waals surface area (Å²) in [5, 5.41) is 4.89. The zero-order chi connectivity index (χ0) is 10.5. The highest BCUT2D eigenvalue weighted by molar-refractivity contribution is 7.99. The number of nitrogens with zero attached hydrogens (tertiary/aromatic N) is 1. The Labute approximate surface area is 99.9 Å². The van der Waals surface area contributed by atoms with Gasteiger partial charge in [0, 0.05) is 35.8 Å². The van der Waals surface area contributed by atoms with Gasteiger partial charge in [0.05, 0.1) is 5.01 Å². The summed E-state index contributed by atoms with van der Waals surface area (Å²) in [4.78, 5) is 5.83. The highest BCUT2D eigenvalue weighted by atomic mass is 32.2. The summed E-state index contributed by atoms with van der Waals surface area (Å²) in [5.41, 5.74) is 0. The fraction of sp³-hybridized carbons (Fsp3) is 0.727. The molecule has 15 heavy (non-hydrogen) atoms. The molecule has 0 amide bonds. The van der Waals surface area contributed by atoms with Gasteiger partial charge in [-0.3, -0.25) is 0 Å². The molecule has 1 fully saturated rings. The van der Waals surface area contributed by atoms with Gasteiger partial charge in [-0.15, -0.1) is 11.3 Å². The van der Waals surface area contributed by atoms with Gasteiger partial charge in [-0.1, -0.05) is 6.92 Å². The summed E-state index contributed by atoms with van der Waals surface area (Å²) in [7, 11) is 0. The van der Waals surface area contributed by atoms with Crippen molar-refractivity contribution >= 4 is 23.1 Å². The van der Waals surface area contributed by atoms with Gasteiger partial charge in [0.25, 0.3) is 0 Å². The molecule has 4 heteroatoms. The van der Waals surface area contributed by atoms with E-state index >= 15 is 0 Å². The smallest absolute Gasteiger partial charge is 0.0940 e. The molecule has 0 radical (unpaired) electrons. The minimum Gasteiger partial charge on any atom is -0.313 e. The highest BCUT2D eigenvalue weighted by Crippen LogP contribution is 2.17. The van der Waals surface area contributed by atoms with Crippen LogP contribution in [0, 0.1) is 0 Å². The monoisotopic (exact) mass is 242 g/mol. The van der Waals surface area contributed by atoms with E-state index in [-0.39, 0.29) is 0 Å². The molecule has 1 N–H and O–H groups in total. The molecule has 0 bridgehead atoms. The quantitative estimate of drug-likeness (QED) is 0.858. The second-order valence-corrected chi connectivity index (χ2v) is 6.19. The van der Waals surface area contributed by atoms with Crippen molar-refractivity contribution in [2.75, 3.05) is 18.1 Å². The van der Waals surface area contributed by atoms with E-state index in [1.165, 1.54) is 27.8 Å². The number of hydrogen-bond donors (Lipinski definition) is 1. The molecule has 0 spiro atoms. The van der Waals surface area contributed by atoms with E-state index in [0.29, 0.717) is 0 Å².